The van der Waals surface area contributed by atoms with Crippen LogP contribution in [0.15, 0.2) is 0 Å². The van der Waals surface area contributed by atoms with Gasteiger partial charge in [0.25, 0.3) is 0 Å². The Kier molecular flexibility index (Phi) is 4.35. The lowest BCUT2D eigenvalue weighted by atomic mass is 9.74. The van der Waals surface area contributed by atoms with E-state index in [4.69, 9.17) is 4.74 Å². The summed E-state index contributed by atoms with van der Waals surface area (Å²) in [5.41, 5.74) is -0.390. The van der Waals surface area contributed by atoms with E-state index in [0.29, 0.717) is 18.5 Å². The standard InChI is InChI=1S/C15H29NO2/c1-12(2)9-14(3,17)11-16-13-5-8-18-15(10-13)6-4-7-15/h12-13,16-17H,4-11H2,1-3H3. The lowest BCUT2D eigenvalue weighted by Crippen LogP contribution is -2.53. The molecule has 1 aliphatic carbocycles. The Hall–Kier alpha value is -0.120. The molecule has 2 aliphatic rings. The first-order chi connectivity index (χ1) is 8.41. The number of rotatable bonds is 5. The zero-order valence-electron chi connectivity index (χ0n) is 12.2. The zero-order chi connectivity index (χ0) is 13.2. The van der Waals surface area contributed by atoms with Gasteiger partial charge in [-0.1, -0.05) is 13.8 Å². The molecule has 1 spiro atoms. The Morgan fingerprint density at radius 2 is 2.17 bits per heavy atom. The summed E-state index contributed by atoms with van der Waals surface area (Å²) in [6.45, 7) is 7.84. The summed E-state index contributed by atoms with van der Waals surface area (Å²) in [5.74, 6) is 0.537. The molecule has 2 unspecified atom stereocenters. The number of nitrogens with one attached hydrogen (secondary N) is 1. The monoisotopic (exact) mass is 255 g/mol. The van der Waals surface area contributed by atoms with E-state index in [1.54, 1.807) is 0 Å². The van der Waals surface area contributed by atoms with Crippen molar-refractivity contribution in [1.29, 1.82) is 0 Å². The summed E-state index contributed by atoms with van der Waals surface area (Å²) in [4.78, 5) is 0. The van der Waals surface area contributed by atoms with Crippen molar-refractivity contribution in [3.63, 3.8) is 0 Å². The van der Waals surface area contributed by atoms with E-state index < -0.39 is 5.60 Å². The summed E-state index contributed by atoms with van der Waals surface area (Å²) in [6, 6.07) is 0.526. The molecule has 1 saturated heterocycles. The molecule has 18 heavy (non-hydrogen) atoms. The molecule has 106 valence electrons. The van der Waals surface area contributed by atoms with Crippen LogP contribution in [0.4, 0.5) is 0 Å². The number of hydrogen-bond acceptors (Lipinski definition) is 3. The van der Waals surface area contributed by atoms with Gasteiger partial charge in [-0.25, -0.2) is 0 Å². The predicted octanol–water partition coefficient (Wildman–Crippen LogP) is 2.47. The molecule has 0 bridgehead atoms. The maximum Gasteiger partial charge on any atom is 0.0746 e. The lowest BCUT2D eigenvalue weighted by Gasteiger charge is -2.47. The number of ether oxygens (including phenoxy) is 1. The average molecular weight is 255 g/mol. The SMILES string of the molecule is CC(C)CC(C)(O)CNC1CCOC2(CCC2)C1. The van der Waals surface area contributed by atoms with Crippen LogP contribution in [0.25, 0.3) is 0 Å². The van der Waals surface area contributed by atoms with E-state index in [9.17, 15) is 5.11 Å². The predicted molar refractivity (Wildman–Crippen MR) is 73.6 cm³/mol. The van der Waals surface area contributed by atoms with Crippen LogP contribution in [-0.4, -0.2) is 35.5 Å². The molecular weight excluding hydrogens is 226 g/mol. The van der Waals surface area contributed by atoms with E-state index in [1.165, 1.54) is 19.3 Å². The van der Waals surface area contributed by atoms with Crippen LogP contribution < -0.4 is 5.32 Å². The smallest absolute Gasteiger partial charge is 0.0746 e. The first-order valence-electron chi connectivity index (χ1n) is 7.51. The van der Waals surface area contributed by atoms with Gasteiger partial charge in [0.05, 0.1) is 11.2 Å². The Morgan fingerprint density at radius 3 is 2.72 bits per heavy atom. The Bertz CT molecular complexity index is 272. The molecule has 0 amide bonds. The van der Waals surface area contributed by atoms with E-state index in [2.05, 4.69) is 19.2 Å². The van der Waals surface area contributed by atoms with Crippen molar-refractivity contribution < 1.29 is 9.84 Å². The number of hydrogen-bond donors (Lipinski definition) is 2. The van der Waals surface area contributed by atoms with Crippen molar-refractivity contribution in [2.45, 2.75) is 76.5 Å². The van der Waals surface area contributed by atoms with Crippen LogP contribution >= 0.6 is 0 Å². The fraction of sp³-hybridized carbons (Fsp3) is 1.00. The maximum absolute atomic E-state index is 10.3. The van der Waals surface area contributed by atoms with Gasteiger partial charge in [0.15, 0.2) is 0 Å². The van der Waals surface area contributed by atoms with E-state index in [0.717, 1.165) is 25.9 Å². The third-order valence-corrected chi connectivity index (χ3v) is 4.38. The maximum atomic E-state index is 10.3. The molecule has 1 heterocycles. The molecule has 2 N–H and O–H groups in total. The van der Waals surface area contributed by atoms with Crippen LogP contribution in [0, 0.1) is 5.92 Å². The topological polar surface area (TPSA) is 41.5 Å². The molecule has 0 aromatic carbocycles. The van der Waals surface area contributed by atoms with Gasteiger partial charge in [-0.3, -0.25) is 0 Å². The van der Waals surface area contributed by atoms with Crippen LogP contribution in [0.2, 0.25) is 0 Å². The first kappa shape index (κ1) is 14.3. The first-order valence-corrected chi connectivity index (χ1v) is 7.51. The number of aliphatic hydroxyl groups is 1. The molecule has 1 aliphatic heterocycles. The van der Waals surface area contributed by atoms with Crippen molar-refractivity contribution in [3.05, 3.63) is 0 Å². The largest absolute Gasteiger partial charge is 0.389 e. The van der Waals surface area contributed by atoms with Crippen molar-refractivity contribution in [1.82, 2.24) is 5.32 Å². The molecular formula is C15H29NO2. The van der Waals surface area contributed by atoms with Gasteiger partial charge in [-0.05, 0) is 51.4 Å². The van der Waals surface area contributed by atoms with Crippen molar-refractivity contribution in [2.24, 2.45) is 5.92 Å². The van der Waals surface area contributed by atoms with Crippen LogP contribution in [0.3, 0.4) is 0 Å². The fourth-order valence-electron chi connectivity index (χ4n) is 3.44. The minimum absolute atomic E-state index is 0.194. The summed E-state index contributed by atoms with van der Waals surface area (Å²) >= 11 is 0. The molecule has 0 aromatic heterocycles. The average Bonchev–Trinajstić information content (AvgIpc) is 2.23. The van der Waals surface area contributed by atoms with E-state index in [-0.39, 0.29) is 5.60 Å². The minimum atomic E-state index is -0.584. The van der Waals surface area contributed by atoms with Gasteiger partial charge in [0.1, 0.15) is 0 Å². The molecule has 0 aromatic rings. The van der Waals surface area contributed by atoms with Crippen LogP contribution in [0.5, 0.6) is 0 Å². The third-order valence-electron chi connectivity index (χ3n) is 4.38. The highest BCUT2D eigenvalue weighted by Crippen LogP contribution is 2.42. The van der Waals surface area contributed by atoms with Crippen LogP contribution in [0.1, 0.15) is 59.3 Å². The lowest BCUT2D eigenvalue weighted by molar-refractivity contribution is -0.136. The highest BCUT2D eigenvalue weighted by molar-refractivity contribution is 4.96. The quantitative estimate of drug-likeness (QED) is 0.793. The highest BCUT2D eigenvalue weighted by Gasteiger charge is 2.42. The van der Waals surface area contributed by atoms with Crippen LogP contribution in [-0.2, 0) is 4.74 Å². The van der Waals surface area contributed by atoms with Crippen molar-refractivity contribution in [3.8, 4) is 0 Å². The summed E-state index contributed by atoms with van der Waals surface area (Å²) in [5, 5.41) is 13.9. The van der Waals surface area contributed by atoms with Gasteiger partial charge in [0, 0.05) is 19.2 Å². The van der Waals surface area contributed by atoms with Gasteiger partial charge in [-0.2, -0.15) is 0 Å². The zero-order valence-corrected chi connectivity index (χ0v) is 12.2. The molecule has 2 fully saturated rings. The van der Waals surface area contributed by atoms with Crippen molar-refractivity contribution >= 4 is 0 Å². The summed E-state index contributed by atoms with van der Waals surface area (Å²) in [6.07, 6.45) is 6.84. The van der Waals surface area contributed by atoms with E-state index >= 15 is 0 Å². The van der Waals surface area contributed by atoms with Gasteiger partial charge >= 0.3 is 0 Å². The molecule has 3 heteroatoms. The normalized spacial score (nSPS) is 30.2. The molecule has 0 radical (unpaired) electrons. The highest BCUT2D eigenvalue weighted by atomic mass is 16.5. The summed E-state index contributed by atoms with van der Waals surface area (Å²) in [7, 11) is 0. The molecule has 1 saturated carbocycles. The Morgan fingerprint density at radius 1 is 1.44 bits per heavy atom. The second-order valence-corrected chi connectivity index (χ2v) is 7.05. The minimum Gasteiger partial charge on any atom is -0.389 e. The van der Waals surface area contributed by atoms with Gasteiger partial charge in [-0.15, -0.1) is 0 Å². The molecule has 3 nitrogen and oxygen atoms in total. The van der Waals surface area contributed by atoms with Gasteiger partial charge in [0.2, 0.25) is 0 Å². The van der Waals surface area contributed by atoms with E-state index in [1.807, 2.05) is 6.92 Å². The second-order valence-electron chi connectivity index (χ2n) is 7.05. The Balaban J connectivity index is 1.75. The Labute approximate surface area is 111 Å². The summed E-state index contributed by atoms with van der Waals surface area (Å²) < 4.78 is 5.93. The van der Waals surface area contributed by atoms with Gasteiger partial charge < -0.3 is 15.2 Å². The van der Waals surface area contributed by atoms with Crippen molar-refractivity contribution in [2.75, 3.05) is 13.2 Å². The molecule has 2 rings (SSSR count). The fourth-order valence-corrected chi connectivity index (χ4v) is 3.44. The molecule has 2 atom stereocenters. The second kappa shape index (κ2) is 5.48. The third kappa shape index (κ3) is 3.69.